The van der Waals surface area contributed by atoms with Gasteiger partial charge in [-0.2, -0.15) is 0 Å². The van der Waals surface area contributed by atoms with Crippen molar-refractivity contribution in [2.45, 2.75) is 19.4 Å². The standard InChI is InChI=1S/C12H16ClNO/c1-9(15)8-12(14(2)3)10-6-4-5-7-11(10)13/h4-7,12H,8H2,1-3H3. The Bertz CT molecular complexity index is 349. The number of ketones is 1. The van der Waals surface area contributed by atoms with Crippen molar-refractivity contribution in [3.63, 3.8) is 0 Å². The minimum absolute atomic E-state index is 0.0659. The Balaban J connectivity index is 2.99. The predicted molar refractivity (Wildman–Crippen MR) is 63.2 cm³/mol. The Hall–Kier alpha value is -0.860. The first-order valence-electron chi connectivity index (χ1n) is 4.92. The maximum absolute atomic E-state index is 11.2. The average molecular weight is 226 g/mol. The van der Waals surface area contributed by atoms with Crippen LogP contribution < -0.4 is 0 Å². The molecule has 0 N–H and O–H groups in total. The summed E-state index contributed by atoms with van der Waals surface area (Å²) in [4.78, 5) is 13.2. The lowest BCUT2D eigenvalue weighted by atomic mass is 10.0. The smallest absolute Gasteiger partial charge is 0.131 e. The van der Waals surface area contributed by atoms with Crippen LogP contribution in [0.3, 0.4) is 0 Å². The summed E-state index contributed by atoms with van der Waals surface area (Å²) in [5, 5.41) is 0.720. The maximum Gasteiger partial charge on any atom is 0.131 e. The van der Waals surface area contributed by atoms with E-state index in [-0.39, 0.29) is 11.8 Å². The fraction of sp³-hybridized carbons (Fsp3) is 0.417. The highest BCUT2D eigenvalue weighted by Gasteiger charge is 2.18. The molecule has 2 nitrogen and oxygen atoms in total. The molecule has 0 aliphatic heterocycles. The molecule has 0 aliphatic rings. The second kappa shape index (κ2) is 5.29. The van der Waals surface area contributed by atoms with Gasteiger partial charge < -0.3 is 4.90 Å². The van der Waals surface area contributed by atoms with Gasteiger partial charge in [-0.1, -0.05) is 29.8 Å². The summed E-state index contributed by atoms with van der Waals surface area (Å²) in [6.07, 6.45) is 0.497. The molecule has 0 heterocycles. The lowest BCUT2D eigenvalue weighted by molar-refractivity contribution is -0.118. The van der Waals surface area contributed by atoms with Crippen molar-refractivity contribution in [1.29, 1.82) is 0 Å². The molecular formula is C12H16ClNO. The summed E-state index contributed by atoms with van der Waals surface area (Å²) in [5.74, 6) is 0.175. The molecule has 0 fully saturated rings. The molecule has 1 aromatic carbocycles. The van der Waals surface area contributed by atoms with Crippen molar-refractivity contribution >= 4 is 17.4 Å². The van der Waals surface area contributed by atoms with Gasteiger partial charge in [-0.3, -0.25) is 4.79 Å². The van der Waals surface area contributed by atoms with Crippen LogP contribution in [0.15, 0.2) is 24.3 Å². The second-order valence-corrected chi connectivity index (χ2v) is 4.31. The largest absolute Gasteiger partial charge is 0.302 e. The number of hydrogen-bond acceptors (Lipinski definition) is 2. The van der Waals surface area contributed by atoms with E-state index in [9.17, 15) is 4.79 Å². The van der Waals surface area contributed by atoms with Gasteiger partial charge in [-0.25, -0.2) is 0 Å². The minimum Gasteiger partial charge on any atom is -0.302 e. The molecule has 0 radical (unpaired) electrons. The monoisotopic (exact) mass is 225 g/mol. The number of rotatable bonds is 4. The zero-order valence-electron chi connectivity index (χ0n) is 9.33. The summed E-state index contributed by atoms with van der Waals surface area (Å²) in [7, 11) is 3.91. The van der Waals surface area contributed by atoms with E-state index in [1.807, 2.05) is 43.3 Å². The van der Waals surface area contributed by atoms with E-state index in [1.165, 1.54) is 0 Å². The van der Waals surface area contributed by atoms with Crippen molar-refractivity contribution in [3.8, 4) is 0 Å². The van der Waals surface area contributed by atoms with Crippen LogP contribution in [0.1, 0.15) is 24.9 Å². The lowest BCUT2D eigenvalue weighted by Gasteiger charge is -2.24. The SMILES string of the molecule is CC(=O)CC(c1ccccc1Cl)N(C)C. The van der Waals surface area contributed by atoms with E-state index in [1.54, 1.807) is 6.92 Å². The van der Waals surface area contributed by atoms with Gasteiger partial charge in [0, 0.05) is 17.5 Å². The summed E-state index contributed by atoms with van der Waals surface area (Å²) in [6, 6.07) is 7.73. The average Bonchev–Trinajstić information content (AvgIpc) is 2.15. The van der Waals surface area contributed by atoms with Crippen LogP contribution in [0.5, 0.6) is 0 Å². The van der Waals surface area contributed by atoms with Crippen molar-refractivity contribution in [3.05, 3.63) is 34.9 Å². The quantitative estimate of drug-likeness (QED) is 0.786. The van der Waals surface area contributed by atoms with E-state index in [0.717, 1.165) is 10.6 Å². The third-order valence-electron chi connectivity index (χ3n) is 2.37. The molecule has 1 aromatic rings. The fourth-order valence-electron chi connectivity index (χ4n) is 1.59. The highest BCUT2D eigenvalue weighted by molar-refractivity contribution is 6.31. The molecule has 0 amide bonds. The van der Waals surface area contributed by atoms with Crippen molar-refractivity contribution < 1.29 is 4.79 Å². The van der Waals surface area contributed by atoms with Crippen LogP contribution in [0, 0.1) is 0 Å². The first kappa shape index (κ1) is 12.2. The van der Waals surface area contributed by atoms with Crippen LogP contribution in [0.4, 0.5) is 0 Å². The number of halogens is 1. The summed E-state index contributed by atoms with van der Waals surface area (Å²) in [6.45, 7) is 1.60. The molecule has 0 bridgehead atoms. The van der Waals surface area contributed by atoms with Crippen LogP contribution >= 0.6 is 11.6 Å². The number of benzene rings is 1. The van der Waals surface area contributed by atoms with Gasteiger partial charge in [0.2, 0.25) is 0 Å². The van der Waals surface area contributed by atoms with Gasteiger partial charge in [0.15, 0.2) is 0 Å². The first-order valence-corrected chi connectivity index (χ1v) is 5.30. The van der Waals surface area contributed by atoms with Gasteiger partial charge in [0.05, 0.1) is 0 Å². The normalized spacial score (nSPS) is 12.9. The third kappa shape index (κ3) is 3.33. The summed E-state index contributed by atoms with van der Waals surface area (Å²) >= 11 is 6.11. The molecule has 1 unspecified atom stereocenters. The number of nitrogens with zero attached hydrogens (tertiary/aromatic N) is 1. The summed E-state index contributed by atoms with van der Waals surface area (Å²) < 4.78 is 0. The van der Waals surface area contributed by atoms with E-state index >= 15 is 0 Å². The molecule has 0 spiro atoms. The van der Waals surface area contributed by atoms with E-state index < -0.39 is 0 Å². The van der Waals surface area contributed by atoms with Gasteiger partial charge in [-0.15, -0.1) is 0 Å². The van der Waals surface area contributed by atoms with Crippen molar-refractivity contribution in [2.75, 3.05) is 14.1 Å². The molecule has 0 aromatic heterocycles. The number of hydrogen-bond donors (Lipinski definition) is 0. The zero-order chi connectivity index (χ0) is 11.4. The number of Topliss-reactive ketones (excluding diaryl/α,β-unsaturated/α-hetero) is 1. The zero-order valence-corrected chi connectivity index (χ0v) is 10.1. The highest BCUT2D eigenvalue weighted by Crippen LogP contribution is 2.28. The molecule has 1 atom stereocenters. The van der Waals surface area contributed by atoms with Crippen LogP contribution in [0.2, 0.25) is 5.02 Å². The first-order chi connectivity index (χ1) is 7.02. The second-order valence-electron chi connectivity index (χ2n) is 3.91. The Labute approximate surface area is 95.8 Å². The van der Waals surface area contributed by atoms with E-state index in [0.29, 0.717) is 6.42 Å². The van der Waals surface area contributed by atoms with E-state index in [4.69, 9.17) is 11.6 Å². The Morgan fingerprint density at radius 1 is 1.40 bits per heavy atom. The van der Waals surface area contributed by atoms with Crippen molar-refractivity contribution in [1.82, 2.24) is 4.90 Å². The molecule has 82 valence electrons. The topological polar surface area (TPSA) is 20.3 Å². The predicted octanol–water partition coefficient (Wildman–Crippen LogP) is 2.92. The molecule has 0 aliphatic carbocycles. The van der Waals surface area contributed by atoms with Crippen LogP contribution in [0.25, 0.3) is 0 Å². The minimum atomic E-state index is 0.0659. The van der Waals surface area contributed by atoms with E-state index in [2.05, 4.69) is 0 Å². The summed E-state index contributed by atoms with van der Waals surface area (Å²) in [5.41, 5.74) is 1.01. The van der Waals surface area contributed by atoms with Gasteiger partial charge >= 0.3 is 0 Å². The van der Waals surface area contributed by atoms with Crippen LogP contribution in [-0.4, -0.2) is 24.8 Å². The highest BCUT2D eigenvalue weighted by atomic mass is 35.5. The molecule has 1 rings (SSSR count). The van der Waals surface area contributed by atoms with Gasteiger partial charge in [0.1, 0.15) is 5.78 Å². The Morgan fingerprint density at radius 2 is 2.00 bits per heavy atom. The molecule has 0 saturated carbocycles. The van der Waals surface area contributed by atoms with Crippen LogP contribution in [-0.2, 0) is 4.79 Å². The maximum atomic E-state index is 11.2. The van der Waals surface area contributed by atoms with Gasteiger partial charge in [-0.05, 0) is 32.6 Å². The van der Waals surface area contributed by atoms with Crippen molar-refractivity contribution in [2.24, 2.45) is 0 Å². The lowest BCUT2D eigenvalue weighted by Crippen LogP contribution is -2.22. The number of carbonyl (C=O) groups is 1. The van der Waals surface area contributed by atoms with Gasteiger partial charge in [0.25, 0.3) is 0 Å². The molecule has 3 heteroatoms. The Morgan fingerprint density at radius 3 is 2.47 bits per heavy atom. The number of carbonyl (C=O) groups excluding carboxylic acids is 1. The molecule has 15 heavy (non-hydrogen) atoms. The fourth-order valence-corrected chi connectivity index (χ4v) is 1.85. The third-order valence-corrected chi connectivity index (χ3v) is 2.71. The Kier molecular flexibility index (Phi) is 4.30. The molecular weight excluding hydrogens is 210 g/mol. The molecule has 0 saturated heterocycles.